The first-order valence-electron chi connectivity index (χ1n) is 0.224. The molecule has 35 valence electrons. The second kappa shape index (κ2) is 125. The first-order valence-corrected chi connectivity index (χ1v) is 1.32. The molecule has 0 heterocycles. The third kappa shape index (κ3) is 67.0. The van der Waals surface area contributed by atoms with Gasteiger partial charge in [-0.05, 0) is 0 Å². The van der Waals surface area contributed by atoms with Crippen molar-refractivity contribution in [1.29, 1.82) is 0 Å². The van der Waals surface area contributed by atoms with Crippen LogP contribution in [0.5, 0.6) is 0 Å². The summed E-state index contributed by atoms with van der Waals surface area (Å²) in [7, 11) is 0. The molecule has 0 aromatic rings. The van der Waals surface area contributed by atoms with Gasteiger partial charge in [-0.2, -0.15) is 0 Å². The molecule has 5 heteroatoms. The molecule has 0 saturated heterocycles. The summed E-state index contributed by atoms with van der Waals surface area (Å²) in [6, 6.07) is 0. The average molecular weight is 162 g/mol. The molecule has 0 atom stereocenters. The van der Waals surface area contributed by atoms with Crippen LogP contribution in [0.3, 0.4) is 0 Å². The maximum absolute atomic E-state index is 7.09. The molecule has 0 bridgehead atoms. The standard InChI is InChI=1S/4H2O.Zr/h4*1H2;/q;;;;+1/p-1. The number of rotatable bonds is 0. The van der Waals surface area contributed by atoms with Gasteiger partial charge in [0.2, 0.25) is 0 Å². The summed E-state index contributed by atoms with van der Waals surface area (Å²) in [6.45, 7) is 0. The van der Waals surface area contributed by atoms with E-state index in [-0.39, 0.29) is 16.4 Å². The Morgan fingerprint density at radius 3 is 0.800 bits per heavy atom. The average Bonchev–Trinajstić information content (AvgIpc) is 1.00. The van der Waals surface area contributed by atoms with E-state index >= 15 is 0 Å². The molecule has 0 radical (unpaired) electrons. The van der Waals surface area contributed by atoms with Crippen molar-refractivity contribution >= 4 is 0 Å². The zero-order valence-corrected chi connectivity index (χ0v) is 4.91. The molecular formula is H7O4Zr. The molecule has 0 spiro atoms. The van der Waals surface area contributed by atoms with Crippen LogP contribution in [0.2, 0.25) is 0 Å². The Kier molecular flexibility index (Phi) is 1080. The van der Waals surface area contributed by atoms with E-state index in [0.29, 0.717) is 25.2 Å². The summed E-state index contributed by atoms with van der Waals surface area (Å²) in [5.41, 5.74) is 0. The predicted octanol–water partition coefficient (Wildman–Crippen LogP) is -3.03. The number of hydrogen-bond acceptors (Lipinski definition) is 1. The maximum atomic E-state index is 7.09. The van der Waals surface area contributed by atoms with E-state index in [1.807, 2.05) is 0 Å². The van der Waals surface area contributed by atoms with Gasteiger partial charge in [0.05, 0.1) is 0 Å². The van der Waals surface area contributed by atoms with Crippen LogP contribution in [-0.2, 0) is 25.2 Å². The van der Waals surface area contributed by atoms with E-state index in [4.69, 9.17) is 3.18 Å². The summed E-state index contributed by atoms with van der Waals surface area (Å²) < 4.78 is 7.09. The third-order valence-corrected chi connectivity index (χ3v) is 0. The summed E-state index contributed by atoms with van der Waals surface area (Å²) >= 11 is 0.550. The van der Waals surface area contributed by atoms with E-state index in [2.05, 4.69) is 0 Å². The van der Waals surface area contributed by atoms with E-state index < -0.39 is 0 Å². The van der Waals surface area contributed by atoms with Crippen LogP contribution in [0, 0.1) is 0 Å². The SMILES string of the molecule is O.O.O.[OH][Zr]. The Hall–Kier alpha value is 0.723. The quantitative estimate of drug-likeness (QED) is 0.401. The topological polar surface area (TPSA) is 115 Å². The van der Waals surface area contributed by atoms with Crippen molar-refractivity contribution in [2.24, 2.45) is 0 Å². The molecule has 5 heavy (non-hydrogen) atoms. The van der Waals surface area contributed by atoms with Gasteiger partial charge in [-0.15, -0.1) is 0 Å². The predicted molar refractivity (Wildman–Crippen MR) is 13.1 cm³/mol. The fourth-order valence-electron chi connectivity index (χ4n) is 0. The molecule has 0 aliphatic carbocycles. The summed E-state index contributed by atoms with van der Waals surface area (Å²) in [6.07, 6.45) is 0. The van der Waals surface area contributed by atoms with Crippen molar-refractivity contribution in [2.75, 3.05) is 0 Å². The Morgan fingerprint density at radius 2 is 0.800 bits per heavy atom. The van der Waals surface area contributed by atoms with Crippen molar-refractivity contribution in [3.05, 3.63) is 0 Å². The molecule has 7 N–H and O–H groups in total. The van der Waals surface area contributed by atoms with Gasteiger partial charge in [0, 0.05) is 0 Å². The third-order valence-electron chi connectivity index (χ3n) is 0. The summed E-state index contributed by atoms with van der Waals surface area (Å²) in [5, 5.41) is 0. The molecule has 0 aromatic carbocycles. The fraction of sp³-hybridized carbons (Fsp3) is 0. The first-order chi connectivity index (χ1) is 1.00. The van der Waals surface area contributed by atoms with Gasteiger partial charge in [0.25, 0.3) is 0 Å². The van der Waals surface area contributed by atoms with Crippen molar-refractivity contribution in [2.45, 2.75) is 0 Å². The first kappa shape index (κ1) is 43.0. The van der Waals surface area contributed by atoms with Gasteiger partial charge in [0.1, 0.15) is 0 Å². The fourth-order valence-corrected chi connectivity index (χ4v) is 0. The second-order valence-corrected chi connectivity index (χ2v) is 0. The molecule has 0 unspecified atom stereocenters. The van der Waals surface area contributed by atoms with Crippen LogP contribution in [0.25, 0.3) is 0 Å². The Morgan fingerprint density at radius 1 is 0.800 bits per heavy atom. The molecule has 0 amide bonds. The molecular weight excluding hydrogens is 155 g/mol. The second-order valence-electron chi connectivity index (χ2n) is 0. The van der Waals surface area contributed by atoms with Gasteiger partial charge in [-0.25, -0.2) is 0 Å². The van der Waals surface area contributed by atoms with Gasteiger partial charge in [0.15, 0.2) is 0 Å². The van der Waals surface area contributed by atoms with E-state index in [9.17, 15) is 0 Å². The van der Waals surface area contributed by atoms with Gasteiger partial charge in [-0.1, -0.05) is 0 Å². The Labute approximate surface area is 45.2 Å². The molecule has 0 rings (SSSR count). The minimum absolute atomic E-state index is 0. The molecule has 4 nitrogen and oxygen atoms in total. The van der Waals surface area contributed by atoms with Crippen molar-refractivity contribution < 1.29 is 44.8 Å². The monoisotopic (exact) mass is 161 g/mol. The summed E-state index contributed by atoms with van der Waals surface area (Å²) in [4.78, 5) is 0. The van der Waals surface area contributed by atoms with E-state index in [0.717, 1.165) is 0 Å². The van der Waals surface area contributed by atoms with Crippen molar-refractivity contribution in [3.8, 4) is 0 Å². The van der Waals surface area contributed by atoms with Gasteiger partial charge in [-0.3, -0.25) is 0 Å². The zero-order chi connectivity index (χ0) is 2.00. The molecule has 0 aliphatic heterocycles. The molecule has 0 aromatic heterocycles. The van der Waals surface area contributed by atoms with Crippen LogP contribution in [0.4, 0.5) is 0 Å². The zero-order valence-electron chi connectivity index (χ0n) is 2.45. The van der Waals surface area contributed by atoms with E-state index in [1.54, 1.807) is 0 Å². The van der Waals surface area contributed by atoms with Crippen molar-refractivity contribution in [1.82, 2.24) is 0 Å². The van der Waals surface area contributed by atoms with Crippen LogP contribution in [-0.4, -0.2) is 19.6 Å². The molecule has 0 fully saturated rings. The van der Waals surface area contributed by atoms with Crippen molar-refractivity contribution in [3.63, 3.8) is 0 Å². The molecule has 0 aliphatic rings. The minimum atomic E-state index is 0. The Bertz CT molecular complexity index is 3.61. The molecule has 0 saturated carbocycles. The summed E-state index contributed by atoms with van der Waals surface area (Å²) in [5.74, 6) is 0. The van der Waals surface area contributed by atoms with Crippen LogP contribution >= 0.6 is 0 Å². The van der Waals surface area contributed by atoms with Crippen LogP contribution in [0.15, 0.2) is 0 Å². The van der Waals surface area contributed by atoms with Gasteiger partial charge >= 0.3 is 28.3 Å². The van der Waals surface area contributed by atoms with E-state index in [1.165, 1.54) is 0 Å². The number of hydrogen-bond donors (Lipinski definition) is 1. The van der Waals surface area contributed by atoms with Crippen LogP contribution in [0.1, 0.15) is 0 Å². The van der Waals surface area contributed by atoms with Crippen LogP contribution < -0.4 is 0 Å². The normalized spacial score (nSPS) is 0.800. The van der Waals surface area contributed by atoms with Gasteiger partial charge < -0.3 is 16.4 Å². The Balaban J connectivity index is -0.00000000167.